The Kier molecular flexibility index (Phi) is 5.23. The molecule has 6 heteroatoms. The molecule has 3 N–H and O–H groups in total. The Balaban J connectivity index is 2.37. The van der Waals surface area contributed by atoms with Gasteiger partial charge in [0.1, 0.15) is 11.6 Å². The van der Waals surface area contributed by atoms with Gasteiger partial charge < -0.3 is 20.3 Å². The Morgan fingerprint density at radius 1 is 1.67 bits per heavy atom. The van der Waals surface area contributed by atoms with Crippen LogP contribution in [-0.2, 0) is 11.2 Å². The Hall–Kier alpha value is -1.98. The monoisotopic (exact) mass is 253 g/mol. The van der Waals surface area contributed by atoms with Crippen molar-refractivity contribution in [2.75, 3.05) is 13.6 Å². The predicted octanol–water partition coefficient (Wildman–Crippen LogP) is 1.05. The SMILES string of the molecule is CC(CN(C)C(=O)CCc1ccco1)/C(N)=N/O. The number of hydrogen-bond donors (Lipinski definition) is 2. The van der Waals surface area contributed by atoms with Gasteiger partial charge in [-0.05, 0) is 12.1 Å². The Bertz CT molecular complexity index is 401. The molecule has 1 unspecified atom stereocenters. The van der Waals surface area contributed by atoms with E-state index in [-0.39, 0.29) is 17.7 Å². The lowest BCUT2D eigenvalue weighted by Crippen LogP contribution is -2.36. The van der Waals surface area contributed by atoms with Crippen molar-refractivity contribution in [3.05, 3.63) is 24.2 Å². The fraction of sp³-hybridized carbons (Fsp3) is 0.500. The molecule has 1 amide bonds. The normalized spacial score (nSPS) is 13.3. The third-order valence-electron chi connectivity index (χ3n) is 2.76. The quantitative estimate of drug-likeness (QED) is 0.343. The van der Waals surface area contributed by atoms with Gasteiger partial charge in [-0.1, -0.05) is 12.1 Å². The molecular weight excluding hydrogens is 234 g/mol. The number of amides is 1. The number of carbonyl (C=O) groups is 1. The van der Waals surface area contributed by atoms with E-state index in [0.29, 0.717) is 19.4 Å². The molecule has 1 heterocycles. The average Bonchev–Trinajstić information content (AvgIpc) is 2.87. The highest BCUT2D eigenvalue weighted by molar-refractivity contribution is 5.83. The predicted molar refractivity (Wildman–Crippen MR) is 67.2 cm³/mol. The summed E-state index contributed by atoms with van der Waals surface area (Å²) in [7, 11) is 1.70. The second kappa shape index (κ2) is 6.68. The van der Waals surface area contributed by atoms with Gasteiger partial charge in [-0.25, -0.2) is 0 Å². The van der Waals surface area contributed by atoms with Crippen LogP contribution in [0.5, 0.6) is 0 Å². The van der Waals surface area contributed by atoms with Crippen molar-refractivity contribution in [1.29, 1.82) is 0 Å². The minimum atomic E-state index is -0.174. The maximum Gasteiger partial charge on any atom is 0.222 e. The minimum absolute atomic E-state index is 0.00369. The maximum absolute atomic E-state index is 11.8. The fourth-order valence-corrected chi connectivity index (χ4v) is 1.58. The van der Waals surface area contributed by atoms with E-state index in [9.17, 15) is 4.79 Å². The molecule has 100 valence electrons. The zero-order valence-electron chi connectivity index (χ0n) is 10.7. The van der Waals surface area contributed by atoms with Crippen molar-refractivity contribution < 1.29 is 14.4 Å². The van der Waals surface area contributed by atoms with E-state index in [2.05, 4.69) is 5.16 Å². The third-order valence-corrected chi connectivity index (χ3v) is 2.76. The second-order valence-electron chi connectivity index (χ2n) is 4.28. The number of nitrogens with zero attached hydrogens (tertiary/aromatic N) is 2. The minimum Gasteiger partial charge on any atom is -0.469 e. The number of carbonyl (C=O) groups excluding carboxylic acids is 1. The molecule has 18 heavy (non-hydrogen) atoms. The molecule has 0 bridgehead atoms. The van der Waals surface area contributed by atoms with Gasteiger partial charge >= 0.3 is 0 Å². The van der Waals surface area contributed by atoms with Gasteiger partial charge in [-0.15, -0.1) is 0 Å². The fourth-order valence-electron chi connectivity index (χ4n) is 1.58. The molecule has 1 rings (SSSR count). The standard InChI is InChI=1S/C12H19N3O3/c1-9(12(13)14-17)8-15(2)11(16)6-5-10-4-3-7-18-10/h3-4,7,9,17H,5-6,8H2,1-2H3,(H2,13,14). The highest BCUT2D eigenvalue weighted by Crippen LogP contribution is 2.06. The van der Waals surface area contributed by atoms with Crippen LogP contribution in [0.3, 0.4) is 0 Å². The van der Waals surface area contributed by atoms with E-state index in [4.69, 9.17) is 15.4 Å². The van der Waals surface area contributed by atoms with Crippen LogP contribution in [-0.4, -0.2) is 35.4 Å². The molecule has 0 aliphatic rings. The largest absolute Gasteiger partial charge is 0.469 e. The lowest BCUT2D eigenvalue weighted by molar-refractivity contribution is -0.130. The van der Waals surface area contributed by atoms with Gasteiger partial charge in [0.2, 0.25) is 5.91 Å². The van der Waals surface area contributed by atoms with Crippen LogP contribution in [0.15, 0.2) is 28.0 Å². The highest BCUT2D eigenvalue weighted by Gasteiger charge is 2.15. The number of rotatable bonds is 6. The second-order valence-corrected chi connectivity index (χ2v) is 4.28. The van der Waals surface area contributed by atoms with Gasteiger partial charge in [0, 0.05) is 32.4 Å². The summed E-state index contributed by atoms with van der Waals surface area (Å²) in [6, 6.07) is 3.64. The molecule has 0 saturated heterocycles. The summed E-state index contributed by atoms with van der Waals surface area (Å²) in [5.41, 5.74) is 5.46. The van der Waals surface area contributed by atoms with E-state index in [0.717, 1.165) is 5.76 Å². The number of hydrogen-bond acceptors (Lipinski definition) is 4. The van der Waals surface area contributed by atoms with Gasteiger partial charge in [-0.2, -0.15) is 0 Å². The van der Waals surface area contributed by atoms with Crippen molar-refractivity contribution in [3.8, 4) is 0 Å². The molecule has 6 nitrogen and oxygen atoms in total. The van der Waals surface area contributed by atoms with Crippen LogP contribution >= 0.6 is 0 Å². The molecule has 0 saturated carbocycles. The number of nitrogens with two attached hydrogens (primary N) is 1. The lowest BCUT2D eigenvalue weighted by atomic mass is 10.1. The summed E-state index contributed by atoms with van der Waals surface area (Å²) in [5.74, 6) is 0.749. The summed E-state index contributed by atoms with van der Waals surface area (Å²) in [6.07, 6.45) is 2.55. The van der Waals surface area contributed by atoms with Crippen LogP contribution in [0.25, 0.3) is 0 Å². The van der Waals surface area contributed by atoms with Crippen molar-refractivity contribution in [2.24, 2.45) is 16.8 Å². The highest BCUT2D eigenvalue weighted by atomic mass is 16.4. The van der Waals surface area contributed by atoms with Crippen molar-refractivity contribution in [1.82, 2.24) is 4.90 Å². The van der Waals surface area contributed by atoms with E-state index < -0.39 is 0 Å². The van der Waals surface area contributed by atoms with E-state index >= 15 is 0 Å². The first-order chi connectivity index (χ1) is 8.54. The van der Waals surface area contributed by atoms with Crippen LogP contribution in [0.2, 0.25) is 0 Å². The first-order valence-corrected chi connectivity index (χ1v) is 5.78. The molecular formula is C12H19N3O3. The Morgan fingerprint density at radius 3 is 2.94 bits per heavy atom. The molecule has 1 aromatic rings. The van der Waals surface area contributed by atoms with Gasteiger partial charge in [-0.3, -0.25) is 4.79 Å². The van der Waals surface area contributed by atoms with E-state index in [1.165, 1.54) is 0 Å². The Morgan fingerprint density at radius 2 is 2.39 bits per heavy atom. The smallest absolute Gasteiger partial charge is 0.222 e. The van der Waals surface area contributed by atoms with Crippen LogP contribution in [0, 0.1) is 5.92 Å². The molecule has 0 aliphatic carbocycles. The maximum atomic E-state index is 11.8. The summed E-state index contributed by atoms with van der Waals surface area (Å²) >= 11 is 0. The van der Waals surface area contributed by atoms with Crippen LogP contribution < -0.4 is 5.73 Å². The molecule has 0 aliphatic heterocycles. The number of oxime groups is 1. The number of aryl methyl sites for hydroxylation is 1. The summed E-state index contributed by atoms with van der Waals surface area (Å²) in [4.78, 5) is 13.4. The number of amidine groups is 1. The van der Waals surface area contributed by atoms with Gasteiger partial charge in [0.05, 0.1) is 6.26 Å². The molecule has 0 fully saturated rings. The molecule has 0 radical (unpaired) electrons. The molecule has 0 aromatic carbocycles. The number of furan rings is 1. The molecule has 0 spiro atoms. The first kappa shape index (κ1) is 14.1. The third kappa shape index (κ3) is 4.12. The van der Waals surface area contributed by atoms with Crippen molar-refractivity contribution in [3.63, 3.8) is 0 Å². The topological polar surface area (TPSA) is 92.1 Å². The Labute approximate surface area is 106 Å². The van der Waals surface area contributed by atoms with Crippen LogP contribution in [0.4, 0.5) is 0 Å². The van der Waals surface area contributed by atoms with Crippen molar-refractivity contribution >= 4 is 11.7 Å². The lowest BCUT2D eigenvalue weighted by Gasteiger charge is -2.20. The summed E-state index contributed by atoms with van der Waals surface area (Å²) in [5, 5.41) is 11.5. The van der Waals surface area contributed by atoms with Gasteiger partial charge in [0.25, 0.3) is 0 Å². The van der Waals surface area contributed by atoms with E-state index in [1.54, 1.807) is 31.2 Å². The molecule has 1 aromatic heterocycles. The van der Waals surface area contributed by atoms with Gasteiger partial charge in [0.15, 0.2) is 0 Å². The summed E-state index contributed by atoms with van der Waals surface area (Å²) < 4.78 is 5.16. The average molecular weight is 253 g/mol. The summed E-state index contributed by atoms with van der Waals surface area (Å²) in [6.45, 7) is 2.22. The first-order valence-electron chi connectivity index (χ1n) is 5.78. The zero-order valence-corrected chi connectivity index (χ0v) is 10.7. The van der Waals surface area contributed by atoms with E-state index in [1.807, 2.05) is 6.07 Å². The zero-order chi connectivity index (χ0) is 13.5. The van der Waals surface area contributed by atoms with Crippen molar-refractivity contribution in [2.45, 2.75) is 19.8 Å². The van der Waals surface area contributed by atoms with Crippen LogP contribution in [0.1, 0.15) is 19.1 Å². The molecule has 1 atom stereocenters.